The molecule has 0 radical (unpaired) electrons. The van der Waals surface area contributed by atoms with Crippen molar-refractivity contribution < 1.29 is 34.8 Å². The van der Waals surface area contributed by atoms with Crippen molar-refractivity contribution in [2.75, 3.05) is 25.9 Å². The minimum absolute atomic E-state index is 0.00508. The summed E-state index contributed by atoms with van der Waals surface area (Å²) in [6.07, 6.45) is 11.8. The molecular weight excluding hydrogens is 839 g/mol. The van der Waals surface area contributed by atoms with Crippen molar-refractivity contribution >= 4 is 17.3 Å². The molecule has 2 aromatic rings. The quantitative estimate of drug-likeness (QED) is 0.0854. The van der Waals surface area contributed by atoms with Gasteiger partial charge in [-0.05, 0) is 185 Å². The van der Waals surface area contributed by atoms with E-state index in [0.29, 0.717) is 63.3 Å². The van der Waals surface area contributed by atoms with Crippen LogP contribution in [0, 0.1) is 45.3 Å². The first-order chi connectivity index (χ1) is 31.8. The predicted molar refractivity (Wildman–Crippen MR) is 261 cm³/mol. The number of anilines is 1. The second kappa shape index (κ2) is 16.8. The van der Waals surface area contributed by atoms with Crippen LogP contribution in [0.15, 0.2) is 53.6 Å². The lowest BCUT2D eigenvalue weighted by molar-refractivity contribution is -0.214. The summed E-state index contributed by atoms with van der Waals surface area (Å²) in [4.78, 5) is 31.5. The van der Waals surface area contributed by atoms with Crippen molar-refractivity contribution in [3.05, 3.63) is 70.3 Å². The van der Waals surface area contributed by atoms with Crippen LogP contribution in [0.3, 0.4) is 0 Å². The van der Waals surface area contributed by atoms with Crippen LogP contribution in [0.2, 0.25) is 0 Å². The molecule has 366 valence electrons. The number of phenols is 1. The van der Waals surface area contributed by atoms with Gasteiger partial charge in [0.25, 0.3) is 0 Å². The highest BCUT2D eigenvalue weighted by molar-refractivity contribution is 6.01. The second-order valence-corrected chi connectivity index (χ2v) is 24.7. The molecule has 10 heteroatoms. The number of aromatic hydroxyl groups is 1. The summed E-state index contributed by atoms with van der Waals surface area (Å²) in [5, 5.41) is 54.0. The number of ether oxygens (including phenoxy) is 1. The fraction of sp³-hybridized carbons (Fsp3) is 0.719. The number of ketones is 2. The number of aliphatic hydroxyl groups is 3. The number of fused-ring (bicyclic) bond motifs is 1. The molecule has 15 atom stereocenters. The number of epoxide rings is 1. The molecule has 5 bridgehead atoms. The van der Waals surface area contributed by atoms with E-state index < -0.39 is 39.0 Å². The molecule has 2 saturated heterocycles. The lowest BCUT2D eigenvalue weighted by Crippen LogP contribution is -2.73. The topological polar surface area (TPSA) is 178 Å². The number of phenolic OH excluding ortho intramolecular Hbond substituents is 1. The molecule has 8 aliphatic rings. The van der Waals surface area contributed by atoms with E-state index >= 15 is 9.59 Å². The molecule has 2 aliphatic heterocycles. The normalized spacial score (nSPS) is 43.5. The summed E-state index contributed by atoms with van der Waals surface area (Å²) in [5.41, 5.74) is 8.00. The van der Waals surface area contributed by atoms with Gasteiger partial charge in [-0.15, -0.1) is 0 Å². The fourth-order valence-electron chi connectivity index (χ4n) is 18.6. The van der Waals surface area contributed by atoms with Crippen molar-refractivity contribution in [2.45, 2.75) is 191 Å². The van der Waals surface area contributed by atoms with E-state index in [0.717, 1.165) is 93.0 Å². The Morgan fingerprint density at radius 1 is 0.970 bits per heavy atom. The molecule has 0 unspecified atom stereocenters. The van der Waals surface area contributed by atoms with E-state index in [2.05, 4.69) is 56.5 Å². The summed E-state index contributed by atoms with van der Waals surface area (Å²) in [6, 6.07) is 14.0. The van der Waals surface area contributed by atoms with Crippen LogP contribution in [0.1, 0.15) is 166 Å². The van der Waals surface area contributed by atoms with Crippen LogP contribution in [0.4, 0.5) is 5.69 Å². The van der Waals surface area contributed by atoms with Crippen molar-refractivity contribution in [2.24, 2.45) is 45.3 Å². The first-order valence-corrected chi connectivity index (χ1v) is 26.4. The fourth-order valence-corrected chi connectivity index (χ4v) is 18.6. The Morgan fingerprint density at radius 2 is 1.76 bits per heavy atom. The first-order valence-electron chi connectivity index (χ1n) is 26.4. The molecule has 1 spiro atoms. The van der Waals surface area contributed by atoms with Gasteiger partial charge in [0, 0.05) is 48.7 Å². The molecule has 0 aromatic heterocycles. The number of benzene rings is 2. The maximum absolute atomic E-state index is 16.3. The van der Waals surface area contributed by atoms with Crippen LogP contribution in [-0.4, -0.2) is 81.6 Å². The van der Waals surface area contributed by atoms with Crippen molar-refractivity contribution in [3.8, 4) is 5.75 Å². The van der Waals surface area contributed by atoms with Gasteiger partial charge in [-0.1, -0.05) is 70.2 Å². The van der Waals surface area contributed by atoms with Crippen LogP contribution in [0.5, 0.6) is 5.75 Å². The molecule has 7 fully saturated rings. The maximum atomic E-state index is 16.3. The molecule has 2 aromatic carbocycles. The van der Waals surface area contributed by atoms with E-state index in [1.165, 1.54) is 11.1 Å². The maximum Gasteiger partial charge on any atom is 0.160 e. The number of rotatable bonds is 11. The third kappa shape index (κ3) is 7.20. The third-order valence-corrected chi connectivity index (χ3v) is 20.8. The number of nitrogens with two attached hydrogens (primary N) is 1. The Labute approximate surface area is 399 Å². The SMILES string of the molecule is CNCc1cc(O)cc([C@]23CCC[C@]45CC(=O)C([C@H](C)C[C@@H](O)[C@H]6O[C@]6(C)[C@@H]6CCC[C@H]6c6cccc(N)c6)=C4CC[C@@H]4[C@](C)(C2)[C@H]2[C@H](C[C@@]45CCO)NC[C@](C)(O)CCCC[C@@]2(C)C3=O)c1. The van der Waals surface area contributed by atoms with Gasteiger partial charge >= 0.3 is 0 Å². The molecule has 5 saturated carbocycles. The molecule has 0 amide bonds. The number of nitrogens with one attached hydrogen (secondary N) is 2. The van der Waals surface area contributed by atoms with Gasteiger partial charge in [0.2, 0.25) is 0 Å². The van der Waals surface area contributed by atoms with E-state index in [9.17, 15) is 20.4 Å². The Bertz CT molecular complexity index is 2310. The smallest absolute Gasteiger partial charge is 0.160 e. The van der Waals surface area contributed by atoms with Crippen LogP contribution < -0.4 is 16.4 Å². The molecule has 2 heterocycles. The standard InChI is InChI=1S/C57H81N3O7/c1-34(24-44(63)49-54(5,67-49)41-15-10-14-40(41)36-12-9-13-38(58)27-36)47-42-16-17-46-53(4)32-55(37-25-35(31-59-6)26-39(62)28-37)20-11-21-56(42,30-45(47)64)57(46,22-23-61)29-43-48(53)52(3,50(55)65)19-8-7-18-51(2,66)33-60-43/h9,12-13,25-28,34,40-41,43-44,46,48-49,59-63,66H,7-8,10-11,14-24,29-33,58H2,1-6H3/t34-,40+,41-,43+,44-,46-,48+,49-,51-,52-,53+,54-,55+,56+,57+/m1/s1. The number of Topliss-reactive ketones (excluding diaryl/α,β-unsaturated/α-hetero) is 2. The number of carbonyl (C=O) groups is 2. The number of β-amino-alcohol motifs (C(OH)–C–C–N with tert-alkyl or cyclic N) is 1. The second-order valence-electron chi connectivity index (χ2n) is 24.7. The first kappa shape index (κ1) is 47.6. The molecule has 8 N–H and O–H groups in total. The van der Waals surface area contributed by atoms with Crippen molar-refractivity contribution in [1.29, 1.82) is 0 Å². The van der Waals surface area contributed by atoms with Gasteiger partial charge in [-0.2, -0.15) is 0 Å². The van der Waals surface area contributed by atoms with Gasteiger partial charge in [0.15, 0.2) is 5.78 Å². The number of carbonyl (C=O) groups excluding carboxylic acids is 2. The highest BCUT2D eigenvalue weighted by Gasteiger charge is 2.76. The van der Waals surface area contributed by atoms with E-state index in [4.69, 9.17) is 10.5 Å². The Kier molecular flexibility index (Phi) is 11.9. The zero-order chi connectivity index (χ0) is 47.5. The monoisotopic (exact) mass is 920 g/mol. The van der Waals surface area contributed by atoms with Crippen LogP contribution in [-0.2, 0) is 26.3 Å². The van der Waals surface area contributed by atoms with E-state index in [-0.39, 0.29) is 59.4 Å². The molecule has 6 aliphatic carbocycles. The minimum atomic E-state index is -0.912. The van der Waals surface area contributed by atoms with E-state index in [1.807, 2.05) is 38.2 Å². The highest BCUT2D eigenvalue weighted by atomic mass is 16.6. The van der Waals surface area contributed by atoms with Gasteiger partial charge in [0.1, 0.15) is 17.6 Å². The summed E-state index contributed by atoms with van der Waals surface area (Å²) >= 11 is 0. The molecule has 10 rings (SSSR count). The minimum Gasteiger partial charge on any atom is -0.508 e. The van der Waals surface area contributed by atoms with Gasteiger partial charge in [-0.25, -0.2) is 0 Å². The third-order valence-electron chi connectivity index (χ3n) is 20.8. The lowest BCUT2D eigenvalue weighted by Gasteiger charge is -2.72. The molecular formula is C57H81N3O7. The Hall–Kier alpha value is -3.12. The van der Waals surface area contributed by atoms with Gasteiger partial charge in [0.05, 0.1) is 22.7 Å². The van der Waals surface area contributed by atoms with Crippen molar-refractivity contribution in [1.82, 2.24) is 10.6 Å². The summed E-state index contributed by atoms with van der Waals surface area (Å²) in [6.45, 7) is 12.0. The summed E-state index contributed by atoms with van der Waals surface area (Å²) < 4.78 is 6.57. The highest BCUT2D eigenvalue weighted by Crippen LogP contribution is 2.79. The van der Waals surface area contributed by atoms with Crippen LogP contribution in [0.25, 0.3) is 0 Å². The number of hydrogen-bond acceptors (Lipinski definition) is 10. The number of nitrogen functional groups attached to an aromatic ring is 1. The van der Waals surface area contributed by atoms with Gasteiger partial charge in [-0.3, -0.25) is 9.59 Å². The number of hydrogen-bond donors (Lipinski definition) is 7. The number of aliphatic hydroxyl groups excluding tert-OH is 2. The lowest BCUT2D eigenvalue weighted by atomic mass is 9.31. The Balaban J connectivity index is 1.06. The summed E-state index contributed by atoms with van der Waals surface area (Å²) in [7, 11) is 1.91. The van der Waals surface area contributed by atoms with Gasteiger partial charge < -0.3 is 41.5 Å². The zero-order valence-corrected chi connectivity index (χ0v) is 41.4. The van der Waals surface area contributed by atoms with Crippen molar-refractivity contribution in [3.63, 3.8) is 0 Å². The van der Waals surface area contributed by atoms with E-state index in [1.54, 1.807) is 0 Å². The Morgan fingerprint density at radius 3 is 2.52 bits per heavy atom. The number of allylic oxidation sites excluding steroid dienone is 2. The molecule has 10 nitrogen and oxygen atoms in total. The summed E-state index contributed by atoms with van der Waals surface area (Å²) in [5.74, 6) is 1.16. The van der Waals surface area contributed by atoms with Crippen LogP contribution >= 0.6 is 0 Å². The average Bonchev–Trinajstić information content (AvgIpc) is 3.55. The zero-order valence-electron chi connectivity index (χ0n) is 41.4. The largest absolute Gasteiger partial charge is 0.508 e. The predicted octanol–water partition coefficient (Wildman–Crippen LogP) is 8.57. The molecule has 67 heavy (non-hydrogen) atoms. The average molecular weight is 920 g/mol.